The van der Waals surface area contributed by atoms with Gasteiger partial charge in [-0.15, -0.1) is 0 Å². The second-order valence-electron chi connectivity index (χ2n) is 5.40. The smallest absolute Gasteiger partial charge is 0.151 e. The molecule has 0 spiro atoms. The normalized spacial score (nSPS) is 18.4. The van der Waals surface area contributed by atoms with E-state index in [-0.39, 0.29) is 0 Å². The summed E-state index contributed by atoms with van der Waals surface area (Å²) >= 11 is 0. The molecular weight excluding hydrogens is 224 g/mol. The fraction of sp³-hybridized carbons (Fsp3) is 0.571. The van der Waals surface area contributed by atoms with E-state index in [1.807, 2.05) is 0 Å². The Morgan fingerprint density at radius 1 is 1.50 bits per heavy atom. The Morgan fingerprint density at radius 3 is 2.67 bits per heavy atom. The lowest BCUT2D eigenvalue weighted by molar-refractivity contribution is 0.238. The van der Waals surface area contributed by atoms with Gasteiger partial charge >= 0.3 is 0 Å². The Balaban J connectivity index is 2.13. The number of nitriles is 1. The van der Waals surface area contributed by atoms with Gasteiger partial charge in [-0.2, -0.15) is 5.26 Å². The van der Waals surface area contributed by atoms with Crippen LogP contribution < -0.4 is 10.6 Å². The van der Waals surface area contributed by atoms with Crippen LogP contribution in [-0.2, 0) is 0 Å². The van der Waals surface area contributed by atoms with Crippen molar-refractivity contribution >= 4 is 11.5 Å². The van der Waals surface area contributed by atoms with Gasteiger partial charge < -0.3 is 10.6 Å². The van der Waals surface area contributed by atoms with Crippen LogP contribution in [0, 0.1) is 16.7 Å². The zero-order valence-electron chi connectivity index (χ0n) is 11.1. The van der Waals surface area contributed by atoms with Crippen LogP contribution in [0.1, 0.15) is 38.7 Å². The van der Waals surface area contributed by atoms with Gasteiger partial charge in [0.25, 0.3) is 0 Å². The van der Waals surface area contributed by atoms with E-state index in [0.717, 1.165) is 18.9 Å². The highest BCUT2D eigenvalue weighted by molar-refractivity contribution is 5.64. The third-order valence-electron chi connectivity index (χ3n) is 4.15. The molecule has 0 atom stereocenters. The first-order valence-corrected chi connectivity index (χ1v) is 6.48. The van der Waals surface area contributed by atoms with Crippen LogP contribution in [0.4, 0.5) is 11.5 Å². The van der Waals surface area contributed by atoms with Crippen molar-refractivity contribution < 1.29 is 0 Å². The van der Waals surface area contributed by atoms with E-state index in [2.05, 4.69) is 29.8 Å². The number of anilines is 2. The SMILES string of the molecule is CCC1(C)CCN(c2ncc(C#N)cc2N)CC1. The van der Waals surface area contributed by atoms with Gasteiger partial charge in [0, 0.05) is 19.3 Å². The highest BCUT2D eigenvalue weighted by Crippen LogP contribution is 2.36. The number of piperidine rings is 1. The molecule has 1 aromatic rings. The molecule has 2 N–H and O–H groups in total. The number of hydrogen-bond donors (Lipinski definition) is 1. The van der Waals surface area contributed by atoms with Crippen molar-refractivity contribution in [2.75, 3.05) is 23.7 Å². The third kappa shape index (κ3) is 2.40. The van der Waals surface area contributed by atoms with E-state index in [1.165, 1.54) is 19.3 Å². The minimum atomic E-state index is 0.456. The molecule has 0 aliphatic carbocycles. The van der Waals surface area contributed by atoms with Crippen molar-refractivity contribution in [3.8, 4) is 6.07 Å². The zero-order chi connectivity index (χ0) is 13.2. The maximum absolute atomic E-state index is 8.80. The molecule has 0 aromatic carbocycles. The molecule has 96 valence electrons. The molecule has 0 unspecified atom stereocenters. The van der Waals surface area contributed by atoms with Gasteiger partial charge in [-0.3, -0.25) is 0 Å². The topological polar surface area (TPSA) is 65.9 Å². The Morgan fingerprint density at radius 2 is 2.17 bits per heavy atom. The average molecular weight is 244 g/mol. The van der Waals surface area contributed by atoms with E-state index in [4.69, 9.17) is 11.0 Å². The van der Waals surface area contributed by atoms with Crippen molar-refractivity contribution in [3.63, 3.8) is 0 Å². The van der Waals surface area contributed by atoms with Gasteiger partial charge in [0.1, 0.15) is 6.07 Å². The van der Waals surface area contributed by atoms with Crippen molar-refractivity contribution in [2.45, 2.75) is 33.1 Å². The molecule has 0 saturated carbocycles. The predicted octanol–water partition coefficient (Wildman–Crippen LogP) is 2.55. The van der Waals surface area contributed by atoms with Crippen LogP contribution >= 0.6 is 0 Å². The summed E-state index contributed by atoms with van der Waals surface area (Å²) in [6.07, 6.45) is 5.16. The molecule has 0 radical (unpaired) electrons. The third-order valence-corrected chi connectivity index (χ3v) is 4.15. The first-order chi connectivity index (χ1) is 8.58. The summed E-state index contributed by atoms with van der Waals surface area (Å²) < 4.78 is 0. The maximum Gasteiger partial charge on any atom is 0.151 e. The summed E-state index contributed by atoms with van der Waals surface area (Å²) in [7, 11) is 0. The first kappa shape index (κ1) is 12.7. The fourth-order valence-electron chi connectivity index (χ4n) is 2.41. The first-order valence-electron chi connectivity index (χ1n) is 6.48. The highest BCUT2D eigenvalue weighted by Gasteiger charge is 2.29. The molecule has 18 heavy (non-hydrogen) atoms. The van der Waals surface area contributed by atoms with Gasteiger partial charge in [-0.1, -0.05) is 20.3 Å². The number of hydrogen-bond acceptors (Lipinski definition) is 4. The van der Waals surface area contributed by atoms with Gasteiger partial charge in [0.05, 0.1) is 11.3 Å². The summed E-state index contributed by atoms with van der Waals surface area (Å²) in [5, 5.41) is 8.80. The largest absolute Gasteiger partial charge is 0.396 e. The molecule has 1 aliphatic rings. The van der Waals surface area contributed by atoms with Crippen LogP contribution in [0.15, 0.2) is 12.3 Å². The number of nitrogen functional groups attached to an aromatic ring is 1. The Hall–Kier alpha value is -1.76. The van der Waals surface area contributed by atoms with E-state index in [0.29, 0.717) is 16.7 Å². The molecule has 4 heteroatoms. The van der Waals surface area contributed by atoms with Gasteiger partial charge in [0.15, 0.2) is 5.82 Å². The molecule has 4 nitrogen and oxygen atoms in total. The summed E-state index contributed by atoms with van der Waals surface area (Å²) in [5.41, 5.74) is 7.55. The molecule has 1 fully saturated rings. The number of nitrogens with two attached hydrogens (primary N) is 1. The van der Waals surface area contributed by atoms with E-state index < -0.39 is 0 Å². The van der Waals surface area contributed by atoms with Crippen LogP contribution in [0.25, 0.3) is 0 Å². The molecule has 0 amide bonds. The Labute approximate surface area is 108 Å². The second kappa shape index (κ2) is 4.85. The number of aromatic nitrogens is 1. The Kier molecular flexibility index (Phi) is 3.42. The summed E-state index contributed by atoms with van der Waals surface area (Å²) in [6.45, 7) is 6.59. The molecule has 1 aromatic heterocycles. The molecule has 2 rings (SSSR count). The van der Waals surface area contributed by atoms with Crippen molar-refractivity contribution in [1.82, 2.24) is 4.98 Å². The van der Waals surface area contributed by atoms with E-state index in [9.17, 15) is 0 Å². The molecule has 1 saturated heterocycles. The molecule has 1 aliphatic heterocycles. The predicted molar refractivity (Wildman–Crippen MR) is 73.2 cm³/mol. The van der Waals surface area contributed by atoms with Crippen LogP contribution in [0.5, 0.6) is 0 Å². The second-order valence-corrected chi connectivity index (χ2v) is 5.40. The van der Waals surface area contributed by atoms with Crippen molar-refractivity contribution in [1.29, 1.82) is 5.26 Å². The van der Waals surface area contributed by atoms with E-state index in [1.54, 1.807) is 12.3 Å². The number of rotatable bonds is 2. The molecular formula is C14H20N4. The minimum absolute atomic E-state index is 0.456. The zero-order valence-corrected chi connectivity index (χ0v) is 11.1. The maximum atomic E-state index is 8.80. The number of pyridine rings is 1. The summed E-state index contributed by atoms with van der Waals surface area (Å²) in [4.78, 5) is 6.55. The lowest BCUT2D eigenvalue weighted by Crippen LogP contribution is -2.39. The minimum Gasteiger partial charge on any atom is -0.396 e. The van der Waals surface area contributed by atoms with Crippen molar-refractivity contribution in [3.05, 3.63) is 17.8 Å². The number of nitrogens with zero attached hydrogens (tertiary/aromatic N) is 3. The molecule has 0 bridgehead atoms. The van der Waals surface area contributed by atoms with Crippen LogP contribution in [0.2, 0.25) is 0 Å². The van der Waals surface area contributed by atoms with Gasteiger partial charge in [0.2, 0.25) is 0 Å². The highest BCUT2D eigenvalue weighted by atomic mass is 15.2. The standard InChI is InChI=1S/C14H20N4/c1-3-14(2)4-6-18(7-5-14)13-12(16)8-11(9-15)10-17-13/h8,10H,3-7,16H2,1-2H3. The lowest BCUT2D eigenvalue weighted by Gasteiger charge is -2.39. The van der Waals surface area contributed by atoms with Crippen LogP contribution in [-0.4, -0.2) is 18.1 Å². The monoisotopic (exact) mass is 244 g/mol. The van der Waals surface area contributed by atoms with Crippen molar-refractivity contribution in [2.24, 2.45) is 5.41 Å². The van der Waals surface area contributed by atoms with Crippen LogP contribution in [0.3, 0.4) is 0 Å². The van der Waals surface area contributed by atoms with Gasteiger partial charge in [-0.05, 0) is 24.3 Å². The quantitative estimate of drug-likeness (QED) is 0.868. The fourth-order valence-corrected chi connectivity index (χ4v) is 2.41. The summed E-state index contributed by atoms with van der Waals surface area (Å²) in [5.74, 6) is 0.826. The average Bonchev–Trinajstić information content (AvgIpc) is 2.40. The Bertz CT molecular complexity index is 467. The molecule has 2 heterocycles. The summed E-state index contributed by atoms with van der Waals surface area (Å²) in [6, 6.07) is 3.76. The lowest BCUT2D eigenvalue weighted by atomic mass is 9.78. The van der Waals surface area contributed by atoms with Gasteiger partial charge in [-0.25, -0.2) is 4.98 Å². The van der Waals surface area contributed by atoms with E-state index >= 15 is 0 Å².